The van der Waals surface area contributed by atoms with Crippen LogP contribution in [0.1, 0.15) is 16.1 Å². The van der Waals surface area contributed by atoms with Gasteiger partial charge in [-0.15, -0.1) is 0 Å². The molecule has 0 aliphatic carbocycles. The normalized spacial score (nSPS) is 10.3. The monoisotopic (exact) mass is 264 g/mol. The fraction of sp³-hybridized carbons (Fsp3) is 0.0909. The van der Waals surface area contributed by atoms with Crippen molar-refractivity contribution in [1.29, 1.82) is 0 Å². The van der Waals surface area contributed by atoms with Gasteiger partial charge in [-0.3, -0.25) is 4.79 Å². The summed E-state index contributed by atoms with van der Waals surface area (Å²) in [7, 11) is 0. The molecule has 1 heterocycles. The molecule has 4 heteroatoms. The number of aldehydes is 1. The molecule has 2 aromatic rings. The summed E-state index contributed by atoms with van der Waals surface area (Å²) in [5.74, 6) is 0. The molecule has 1 aromatic heterocycles. The molecule has 0 saturated heterocycles. The van der Waals surface area contributed by atoms with Crippen LogP contribution < -0.4 is 0 Å². The number of carbonyl (C=O) groups is 1. The van der Waals surface area contributed by atoms with Crippen LogP contribution in [-0.4, -0.2) is 16.1 Å². The maximum atomic E-state index is 10.7. The fourth-order valence-corrected chi connectivity index (χ4v) is 1.82. The van der Waals surface area contributed by atoms with E-state index in [1.165, 1.54) is 0 Å². The Labute approximate surface area is 95.9 Å². The number of benzene rings is 1. The summed E-state index contributed by atoms with van der Waals surface area (Å²) < 4.78 is 2.65. The van der Waals surface area contributed by atoms with Crippen LogP contribution in [0.4, 0.5) is 0 Å². The van der Waals surface area contributed by atoms with Crippen LogP contribution in [0.15, 0.2) is 34.9 Å². The van der Waals surface area contributed by atoms with Crippen molar-refractivity contribution in [2.75, 3.05) is 0 Å². The maximum Gasteiger partial charge on any atom is 0.153 e. The minimum atomic E-state index is 0.616. The van der Waals surface area contributed by atoms with Crippen LogP contribution in [0.3, 0.4) is 0 Å². The van der Waals surface area contributed by atoms with Gasteiger partial charge >= 0.3 is 0 Å². The second-order valence-corrected chi connectivity index (χ2v) is 4.04. The van der Waals surface area contributed by atoms with Gasteiger partial charge in [-0.1, -0.05) is 12.1 Å². The predicted molar refractivity (Wildman–Crippen MR) is 61.4 cm³/mol. The maximum absolute atomic E-state index is 10.7. The van der Waals surface area contributed by atoms with Crippen LogP contribution >= 0.6 is 15.9 Å². The van der Waals surface area contributed by atoms with E-state index in [9.17, 15) is 4.79 Å². The van der Waals surface area contributed by atoms with Crippen LogP contribution in [0.2, 0.25) is 0 Å². The van der Waals surface area contributed by atoms with E-state index in [2.05, 4.69) is 21.0 Å². The number of halogens is 1. The smallest absolute Gasteiger partial charge is 0.153 e. The van der Waals surface area contributed by atoms with Crippen molar-refractivity contribution >= 4 is 22.2 Å². The minimum absolute atomic E-state index is 0.616. The lowest BCUT2D eigenvalue weighted by atomic mass is 10.3. The van der Waals surface area contributed by atoms with Gasteiger partial charge in [0, 0.05) is 10.7 Å². The second-order valence-electron chi connectivity index (χ2n) is 3.18. The molecule has 0 bridgehead atoms. The lowest BCUT2D eigenvalue weighted by Crippen LogP contribution is -1.95. The van der Waals surface area contributed by atoms with E-state index in [-0.39, 0.29) is 0 Å². The molecule has 0 spiro atoms. The fourth-order valence-electron chi connectivity index (χ4n) is 1.35. The summed E-state index contributed by atoms with van der Waals surface area (Å²) in [6, 6.07) is 7.74. The molecule has 0 saturated carbocycles. The second kappa shape index (κ2) is 3.98. The Morgan fingerprint density at radius 1 is 1.40 bits per heavy atom. The molecule has 0 fully saturated rings. The van der Waals surface area contributed by atoms with Crippen molar-refractivity contribution < 1.29 is 4.79 Å². The van der Waals surface area contributed by atoms with Crippen molar-refractivity contribution in [3.05, 3.63) is 46.2 Å². The Balaban J connectivity index is 2.55. The van der Waals surface area contributed by atoms with Crippen LogP contribution in [0.5, 0.6) is 0 Å². The molecule has 3 nitrogen and oxygen atoms in total. The largest absolute Gasteiger partial charge is 0.298 e. The highest BCUT2D eigenvalue weighted by molar-refractivity contribution is 9.10. The first-order valence-electron chi connectivity index (χ1n) is 4.48. The molecule has 15 heavy (non-hydrogen) atoms. The average Bonchev–Trinajstić information content (AvgIpc) is 2.60. The Morgan fingerprint density at radius 2 is 2.13 bits per heavy atom. The Bertz CT molecular complexity index is 505. The Morgan fingerprint density at radius 3 is 2.73 bits per heavy atom. The number of carbonyl (C=O) groups excluding carboxylic acids is 1. The van der Waals surface area contributed by atoms with Gasteiger partial charge < -0.3 is 0 Å². The third-order valence-corrected chi connectivity index (χ3v) is 2.83. The van der Waals surface area contributed by atoms with Gasteiger partial charge in [-0.2, -0.15) is 5.10 Å². The Kier molecular flexibility index (Phi) is 2.68. The number of para-hydroxylation sites is 1. The van der Waals surface area contributed by atoms with Gasteiger partial charge in [0.15, 0.2) is 6.29 Å². The molecule has 0 aliphatic heterocycles. The van der Waals surface area contributed by atoms with Gasteiger partial charge in [0.25, 0.3) is 0 Å². The highest BCUT2D eigenvalue weighted by Crippen LogP contribution is 2.20. The zero-order valence-electron chi connectivity index (χ0n) is 8.14. The van der Waals surface area contributed by atoms with Crippen LogP contribution in [0, 0.1) is 6.92 Å². The molecule has 0 unspecified atom stereocenters. The van der Waals surface area contributed by atoms with E-state index in [0.29, 0.717) is 5.56 Å². The molecule has 76 valence electrons. The van der Waals surface area contributed by atoms with Crippen molar-refractivity contribution in [3.63, 3.8) is 0 Å². The summed E-state index contributed by atoms with van der Waals surface area (Å²) in [6.07, 6.45) is 2.54. The standard InChI is InChI=1S/C11H9BrN2O/c1-8-9(7-15)6-14(13-8)11-5-3-2-4-10(11)12/h2-7H,1H3. The van der Waals surface area contributed by atoms with Crippen molar-refractivity contribution in [2.45, 2.75) is 6.92 Å². The third-order valence-electron chi connectivity index (χ3n) is 2.16. The quantitative estimate of drug-likeness (QED) is 0.782. The lowest BCUT2D eigenvalue weighted by Gasteiger charge is -2.02. The number of hydrogen-bond acceptors (Lipinski definition) is 2. The van der Waals surface area contributed by atoms with E-state index in [1.807, 2.05) is 31.2 Å². The molecular weight excluding hydrogens is 256 g/mol. The zero-order valence-corrected chi connectivity index (χ0v) is 9.73. The first-order chi connectivity index (χ1) is 7.22. The van der Waals surface area contributed by atoms with Crippen molar-refractivity contribution in [3.8, 4) is 5.69 Å². The van der Waals surface area contributed by atoms with E-state index < -0.39 is 0 Å². The van der Waals surface area contributed by atoms with Crippen molar-refractivity contribution in [2.24, 2.45) is 0 Å². The lowest BCUT2D eigenvalue weighted by molar-refractivity contribution is 0.112. The van der Waals surface area contributed by atoms with E-state index in [1.54, 1.807) is 10.9 Å². The molecule has 0 atom stereocenters. The molecule has 0 N–H and O–H groups in total. The molecular formula is C11H9BrN2O. The number of rotatable bonds is 2. The summed E-state index contributed by atoms with van der Waals surface area (Å²) in [4.78, 5) is 10.7. The molecule has 2 rings (SSSR count). The van der Waals surface area contributed by atoms with Crippen LogP contribution in [0.25, 0.3) is 5.69 Å². The van der Waals surface area contributed by atoms with Gasteiger partial charge in [-0.05, 0) is 35.0 Å². The Hall–Kier alpha value is -1.42. The van der Waals surface area contributed by atoms with Crippen LogP contribution in [-0.2, 0) is 0 Å². The highest BCUT2D eigenvalue weighted by Gasteiger charge is 2.06. The van der Waals surface area contributed by atoms with Gasteiger partial charge in [0.1, 0.15) is 0 Å². The van der Waals surface area contributed by atoms with Gasteiger partial charge in [-0.25, -0.2) is 4.68 Å². The molecule has 0 amide bonds. The minimum Gasteiger partial charge on any atom is -0.298 e. The number of nitrogens with zero attached hydrogens (tertiary/aromatic N) is 2. The van der Waals surface area contributed by atoms with E-state index in [4.69, 9.17) is 0 Å². The summed E-state index contributed by atoms with van der Waals surface area (Å²) in [5.41, 5.74) is 2.28. The zero-order chi connectivity index (χ0) is 10.8. The highest BCUT2D eigenvalue weighted by atomic mass is 79.9. The SMILES string of the molecule is Cc1nn(-c2ccccc2Br)cc1C=O. The predicted octanol–water partition coefficient (Wildman–Crippen LogP) is 2.76. The molecule has 0 radical (unpaired) electrons. The first-order valence-corrected chi connectivity index (χ1v) is 5.28. The van der Waals surface area contributed by atoms with Gasteiger partial charge in [0.2, 0.25) is 0 Å². The number of aryl methyl sites for hydroxylation is 1. The van der Waals surface area contributed by atoms with Gasteiger partial charge in [0.05, 0.1) is 16.9 Å². The summed E-state index contributed by atoms with van der Waals surface area (Å²) in [6.45, 7) is 1.82. The summed E-state index contributed by atoms with van der Waals surface area (Å²) in [5, 5.41) is 4.27. The topological polar surface area (TPSA) is 34.9 Å². The third kappa shape index (κ3) is 1.85. The summed E-state index contributed by atoms with van der Waals surface area (Å²) >= 11 is 3.44. The number of aromatic nitrogens is 2. The average molecular weight is 265 g/mol. The number of hydrogen-bond donors (Lipinski definition) is 0. The molecule has 1 aromatic carbocycles. The molecule has 0 aliphatic rings. The van der Waals surface area contributed by atoms with Crippen molar-refractivity contribution in [1.82, 2.24) is 9.78 Å². The van der Waals surface area contributed by atoms with E-state index in [0.717, 1.165) is 22.1 Å². The first kappa shape index (κ1) is 10.1. The van der Waals surface area contributed by atoms with E-state index >= 15 is 0 Å².